The van der Waals surface area contributed by atoms with Crippen molar-refractivity contribution in [2.45, 2.75) is 13.3 Å². The summed E-state index contributed by atoms with van der Waals surface area (Å²) in [6.07, 6.45) is 0.283. The van der Waals surface area contributed by atoms with Crippen molar-refractivity contribution in [3.05, 3.63) is 40.8 Å². The first-order chi connectivity index (χ1) is 10.8. The van der Waals surface area contributed by atoms with E-state index in [2.05, 4.69) is 0 Å². The van der Waals surface area contributed by atoms with Crippen LogP contribution in [0.15, 0.2) is 29.5 Å². The van der Waals surface area contributed by atoms with Crippen LogP contribution in [0.4, 0.5) is 4.39 Å². The summed E-state index contributed by atoms with van der Waals surface area (Å²) >= 11 is 0. The summed E-state index contributed by atoms with van der Waals surface area (Å²) < 4.78 is 23.4. The van der Waals surface area contributed by atoms with Gasteiger partial charge in [-0.15, -0.1) is 0 Å². The molecule has 0 saturated heterocycles. The second-order valence-electron chi connectivity index (χ2n) is 4.51. The van der Waals surface area contributed by atoms with E-state index in [1.54, 1.807) is 6.92 Å². The number of amidine groups is 1. The van der Waals surface area contributed by atoms with E-state index in [0.717, 1.165) is 6.07 Å². The number of methoxy groups -OCH3 is 1. The minimum absolute atomic E-state index is 0.0746. The molecule has 0 aliphatic carbocycles. The maximum atomic E-state index is 13.8. The lowest BCUT2D eigenvalue weighted by molar-refractivity contribution is -0.137. The van der Waals surface area contributed by atoms with Crippen LogP contribution in [0.3, 0.4) is 0 Å². The smallest absolute Gasteiger partial charge is 0.344 e. The number of halogens is 1. The van der Waals surface area contributed by atoms with E-state index in [0.29, 0.717) is 0 Å². The predicted molar refractivity (Wildman–Crippen MR) is 81.7 cm³/mol. The van der Waals surface area contributed by atoms with E-state index in [4.69, 9.17) is 26.4 Å². The number of hydrogen-bond donors (Lipinski definition) is 3. The number of nitrogens with one attached hydrogen (secondary N) is 1. The van der Waals surface area contributed by atoms with Gasteiger partial charge in [-0.1, -0.05) is 6.92 Å². The van der Waals surface area contributed by atoms with Crippen LogP contribution in [0, 0.1) is 11.2 Å². The summed E-state index contributed by atoms with van der Waals surface area (Å²) in [4.78, 5) is 23.8. The lowest BCUT2D eigenvalue weighted by Gasteiger charge is -2.10. The second kappa shape index (κ2) is 7.92. The second-order valence-corrected chi connectivity index (χ2v) is 4.51. The standard InChI is InChI=1S/C15H18FN3O4/c1-3-11(17)13(14(18)19)15(21)23-7-12(20)9-5-4-8(22-2)6-10(9)16/h4-6H,3,7,17H2,1-2H3,(H3,18,19). The molecule has 0 fully saturated rings. The average molecular weight is 323 g/mol. The first-order valence-corrected chi connectivity index (χ1v) is 6.68. The van der Waals surface area contributed by atoms with Crippen LogP contribution in [-0.4, -0.2) is 31.3 Å². The van der Waals surface area contributed by atoms with Gasteiger partial charge in [-0.25, -0.2) is 9.18 Å². The Bertz CT molecular complexity index is 671. The molecular formula is C15H18FN3O4. The Balaban J connectivity index is 2.83. The highest BCUT2D eigenvalue weighted by atomic mass is 19.1. The quantitative estimate of drug-likeness (QED) is 0.227. The number of hydrogen-bond acceptors (Lipinski definition) is 6. The molecule has 0 aromatic heterocycles. The Kier molecular flexibility index (Phi) is 6.25. The Morgan fingerprint density at radius 3 is 2.43 bits per heavy atom. The van der Waals surface area contributed by atoms with Gasteiger partial charge in [0, 0.05) is 11.8 Å². The normalized spacial score (nSPS) is 11.4. The molecule has 0 saturated carbocycles. The molecular weight excluding hydrogens is 305 g/mol. The summed E-state index contributed by atoms with van der Waals surface area (Å²) in [6.45, 7) is 0.972. The molecule has 0 aliphatic heterocycles. The lowest BCUT2D eigenvalue weighted by atomic mass is 10.1. The fourth-order valence-electron chi connectivity index (χ4n) is 1.72. The Labute approximate surface area is 132 Å². The third-order valence-corrected chi connectivity index (χ3v) is 2.99. The van der Waals surface area contributed by atoms with Gasteiger partial charge in [0.05, 0.1) is 12.7 Å². The van der Waals surface area contributed by atoms with Crippen LogP contribution in [0.25, 0.3) is 0 Å². The van der Waals surface area contributed by atoms with E-state index in [9.17, 15) is 14.0 Å². The van der Waals surface area contributed by atoms with Crippen molar-refractivity contribution >= 4 is 17.6 Å². The molecule has 7 nitrogen and oxygen atoms in total. The van der Waals surface area contributed by atoms with Crippen LogP contribution in [0.1, 0.15) is 23.7 Å². The van der Waals surface area contributed by atoms with Gasteiger partial charge < -0.3 is 20.9 Å². The number of Topliss-reactive ketones (excluding diaryl/α,β-unsaturated/α-hetero) is 1. The Hall–Kier alpha value is -2.90. The van der Waals surface area contributed by atoms with Gasteiger partial charge in [-0.2, -0.15) is 0 Å². The maximum Gasteiger partial charge on any atom is 0.344 e. The molecule has 0 spiro atoms. The van der Waals surface area contributed by atoms with Gasteiger partial charge in [0.25, 0.3) is 0 Å². The summed E-state index contributed by atoms with van der Waals surface area (Å²) in [5, 5.41) is 7.32. The summed E-state index contributed by atoms with van der Waals surface area (Å²) in [6, 6.07) is 3.69. The van der Waals surface area contributed by atoms with Crippen LogP contribution in [0.5, 0.6) is 5.75 Å². The predicted octanol–water partition coefficient (Wildman–Crippen LogP) is 1.12. The number of esters is 1. The maximum absolute atomic E-state index is 13.8. The first-order valence-electron chi connectivity index (χ1n) is 6.68. The van der Waals surface area contributed by atoms with E-state index in [-0.39, 0.29) is 29.0 Å². The highest BCUT2D eigenvalue weighted by Crippen LogP contribution is 2.17. The molecule has 1 aromatic rings. The molecule has 23 heavy (non-hydrogen) atoms. The largest absolute Gasteiger partial charge is 0.497 e. The highest BCUT2D eigenvalue weighted by molar-refractivity contribution is 6.17. The van der Waals surface area contributed by atoms with E-state index < -0.39 is 30.0 Å². The Morgan fingerprint density at radius 1 is 1.30 bits per heavy atom. The monoisotopic (exact) mass is 323 g/mol. The Morgan fingerprint density at radius 2 is 1.96 bits per heavy atom. The molecule has 0 aliphatic rings. The van der Waals surface area contributed by atoms with Crippen molar-refractivity contribution in [1.82, 2.24) is 0 Å². The zero-order valence-corrected chi connectivity index (χ0v) is 12.8. The first kappa shape index (κ1) is 18.1. The summed E-state index contributed by atoms with van der Waals surface area (Å²) in [7, 11) is 1.37. The zero-order chi connectivity index (χ0) is 17.6. The molecule has 0 bridgehead atoms. The van der Waals surface area contributed by atoms with Gasteiger partial charge in [0.2, 0.25) is 5.78 Å². The third kappa shape index (κ3) is 4.53. The SMILES string of the molecule is CCC(N)=C(C(=N)N)C(=O)OCC(=O)c1ccc(OC)cc1F. The topological polar surface area (TPSA) is 128 Å². The van der Waals surface area contributed by atoms with Crippen molar-refractivity contribution < 1.29 is 23.5 Å². The van der Waals surface area contributed by atoms with Gasteiger partial charge in [-0.05, 0) is 18.6 Å². The zero-order valence-electron chi connectivity index (χ0n) is 12.8. The molecule has 0 unspecified atom stereocenters. The number of allylic oxidation sites excluding steroid dienone is 1. The number of carbonyl (C=O) groups excluding carboxylic acids is 2. The molecule has 1 rings (SSSR count). The van der Waals surface area contributed by atoms with Crippen LogP contribution in [0.2, 0.25) is 0 Å². The molecule has 0 radical (unpaired) electrons. The summed E-state index contributed by atoms with van der Waals surface area (Å²) in [5.41, 5.74) is 10.4. The van der Waals surface area contributed by atoms with E-state index in [1.807, 2.05) is 0 Å². The van der Waals surface area contributed by atoms with Crippen LogP contribution >= 0.6 is 0 Å². The molecule has 0 amide bonds. The van der Waals surface area contributed by atoms with E-state index in [1.165, 1.54) is 19.2 Å². The fraction of sp³-hybridized carbons (Fsp3) is 0.267. The number of carbonyl (C=O) groups is 2. The van der Waals surface area contributed by atoms with Gasteiger partial charge in [0.1, 0.15) is 23.0 Å². The number of rotatable bonds is 7. The van der Waals surface area contributed by atoms with Crippen molar-refractivity contribution in [3.8, 4) is 5.75 Å². The molecule has 124 valence electrons. The van der Waals surface area contributed by atoms with Crippen molar-refractivity contribution in [2.75, 3.05) is 13.7 Å². The van der Waals surface area contributed by atoms with Crippen LogP contribution in [-0.2, 0) is 9.53 Å². The van der Waals surface area contributed by atoms with Gasteiger partial charge >= 0.3 is 5.97 Å². The average Bonchev–Trinajstić information content (AvgIpc) is 2.51. The van der Waals surface area contributed by atoms with Crippen molar-refractivity contribution in [3.63, 3.8) is 0 Å². The highest BCUT2D eigenvalue weighted by Gasteiger charge is 2.20. The number of benzene rings is 1. The molecule has 8 heteroatoms. The van der Waals surface area contributed by atoms with Crippen molar-refractivity contribution in [1.29, 1.82) is 5.41 Å². The molecule has 1 aromatic carbocycles. The number of ether oxygens (including phenoxy) is 2. The third-order valence-electron chi connectivity index (χ3n) is 2.99. The number of ketones is 1. The molecule has 5 N–H and O–H groups in total. The van der Waals surface area contributed by atoms with Crippen molar-refractivity contribution in [2.24, 2.45) is 11.5 Å². The molecule has 0 atom stereocenters. The minimum atomic E-state index is -1.00. The van der Waals surface area contributed by atoms with Gasteiger partial charge in [0.15, 0.2) is 6.61 Å². The van der Waals surface area contributed by atoms with E-state index >= 15 is 0 Å². The van der Waals surface area contributed by atoms with Gasteiger partial charge in [-0.3, -0.25) is 10.2 Å². The fourth-order valence-corrected chi connectivity index (χ4v) is 1.72. The lowest BCUT2D eigenvalue weighted by Crippen LogP contribution is -2.27. The van der Waals surface area contributed by atoms with Crippen LogP contribution < -0.4 is 16.2 Å². The number of nitrogens with two attached hydrogens (primary N) is 2. The molecule has 0 heterocycles. The summed E-state index contributed by atoms with van der Waals surface area (Å²) in [5.74, 6) is -2.83. The minimum Gasteiger partial charge on any atom is -0.497 e.